The summed E-state index contributed by atoms with van der Waals surface area (Å²) < 4.78 is 6.30. The molecule has 1 amide bonds. The lowest BCUT2D eigenvalue weighted by Gasteiger charge is -2.28. The standard InChI is InChI=1S/C30H25BrN2O5/c31-20-6-8-22-21-7-5-17(11-23(21)28(35)24(22)12-20)25(34)15-38-30(37)27-19-4-3-18(10-19)26(27)29(36)33-14-16-2-1-9-32-13-16/h1-2,5-9,11-13,18-19,26-27H,3-4,10,14-15H2,(H,33,36)/t18?,19?,26-,27-/m0/s1. The number of benzene rings is 2. The van der Waals surface area contributed by atoms with Crippen molar-refractivity contribution in [2.24, 2.45) is 23.7 Å². The van der Waals surface area contributed by atoms with E-state index in [0.717, 1.165) is 40.4 Å². The van der Waals surface area contributed by atoms with Crippen molar-refractivity contribution in [1.82, 2.24) is 10.3 Å². The highest BCUT2D eigenvalue weighted by Gasteiger charge is 2.54. The van der Waals surface area contributed by atoms with E-state index in [0.29, 0.717) is 23.2 Å². The van der Waals surface area contributed by atoms with E-state index in [1.54, 1.807) is 36.7 Å². The third kappa shape index (κ3) is 4.36. The molecule has 1 aromatic heterocycles. The molecule has 1 heterocycles. The van der Waals surface area contributed by atoms with Crippen LogP contribution in [0.15, 0.2) is 65.4 Å². The smallest absolute Gasteiger partial charge is 0.310 e. The Bertz CT molecular complexity index is 1470. The van der Waals surface area contributed by atoms with Gasteiger partial charge in [0.25, 0.3) is 0 Å². The number of rotatable bonds is 7. The number of ether oxygens (including phenoxy) is 1. The van der Waals surface area contributed by atoms with Gasteiger partial charge in [-0.15, -0.1) is 0 Å². The number of halogens is 1. The lowest BCUT2D eigenvalue weighted by Crippen LogP contribution is -2.42. The average Bonchev–Trinajstić information content (AvgIpc) is 3.63. The first kappa shape index (κ1) is 24.7. The number of amides is 1. The van der Waals surface area contributed by atoms with Gasteiger partial charge >= 0.3 is 5.97 Å². The number of pyridine rings is 1. The van der Waals surface area contributed by atoms with Crippen molar-refractivity contribution in [3.05, 3.63) is 87.7 Å². The number of fused-ring (bicyclic) bond motifs is 5. The van der Waals surface area contributed by atoms with Gasteiger partial charge in [-0.2, -0.15) is 0 Å². The highest BCUT2D eigenvalue weighted by molar-refractivity contribution is 9.10. The predicted octanol–water partition coefficient (Wildman–Crippen LogP) is 4.76. The summed E-state index contributed by atoms with van der Waals surface area (Å²) in [6.07, 6.45) is 5.99. The number of esters is 1. The van der Waals surface area contributed by atoms with E-state index in [1.807, 2.05) is 24.3 Å². The zero-order valence-electron chi connectivity index (χ0n) is 20.5. The molecule has 4 atom stereocenters. The molecule has 2 bridgehead atoms. The number of nitrogens with zero attached hydrogens (tertiary/aromatic N) is 1. The second-order valence-corrected chi connectivity index (χ2v) is 11.2. The molecule has 8 heteroatoms. The predicted molar refractivity (Wildman–Crippen MR) is 142 cm³/mol. The highest BCUT2D eigenvalue weighted by Crippen LogP contribution is 2.52. The zero-order chi connectivity index (χ0) is 26.4. The third-order valence-electron chi connectivity index (χ3n) is 8.13. The van der Waals surface area contributed by atoms with Crippen LogP contribution < -0.4 is 5.32 Å². The van der Waals surface area contributed by atoms with Crippen LogP contribution in [0.3, 0.4) is 0 Å². The molecule has 38 heavy (non-hydrogen) atoms. The molecule has 3 aromatic rings. The second kappa shape index (κ2) is 9.91. The number of carbonyl (C=O) groups is 4. The summed E-state index contributed by atoms with van der Waals surface area (Å²) in [6.45, 7) is -0.0824. The van der Waals surface area contributed by atoms with Gasteiger partial charge in [-0.05, 0) is 72.1 Å². The van der Waals surface area contributed by atoms with E-state index in [2.05, 4.69) is 26.2 Å². The number of ketones is 2. The molecule has 2 unspecified atom stereocenters. The first-order valence-electron chi connectivity index (χ1n) is 12.8. The molecule has 2 aromatic carbocycles. The van der Waals surface area contributed by atoms with Crippen LogP contribution in [0.2, 0.25) is 0 Å². The maximum absolute atomic E-state index is 13.2. The largest absolute Gasteiger partial charge is 0.457 e. The van der Waals surface area contributed by atoms with E-state index < -0.39 is 24.4 Å². The summed E-state index contributed by atoms with van der Waals surface area (Å²) in [5.74, 6) is -1.94. The average molecular weight is 573 g/mol. The van der Waals surface area contributed by atoms with Gasteiger partial charge in [0.2, 0.25) is 5.91 Å². The highest BCUT2D eigenvalue weighted by atomic mass is 79.9. The van der Waals surface area contributed by atoms with Crippen LogP contribution in [0.4, 0.5) is 0 Å². The molecule has 0 radical (unpaired) electrons. The number of hydrogen-bond donors (Lipinski definition) is 1. The molecule has 1 N–H and O–H groups in total. The van der Waals surface area contributed by atoms with Crippen molar-refractivity contribution >= 4 is 39.4 Å². The molecule has 0 saturated heterocycles. The monoisotopic (exact) mass is 572 g/mol. The first-order chi connectivity index (χ1) is 18.4. The molecule has 3 aliphatic rings. The molecule has 0 aliphatic heterocycles. The van der Waals surface area contributed by atoms with Crippen molar-refractivity contribution in [3.63, 3.8) is 0 Å². The normalized spacial score (nSPS) is 22.6. The molecular weight excluding hydrogens is 548 g/mol. The maximum atomic E-state index is 13.2. The molecule has 2 saturated carbocycles. The number of carbonyl (C=O) groups excluding carboxylic acids is 4. The van der Waals surface area contributed by atoms with Crippen LogP contribution in [0.1, 0.15) is 51.1 Å². The van der Waals surface area contributed by atoms with Crippen LogP contribution in [0.25, 0.3) is 11.1 Å². The third-order valence-corrected chi connectivity index (χ3v) is 8.62. The summed E-state index contributed by atoms with van der Waals surface area (Å²) in [5.41, 5.74) is 3.88. The minimum atomic E-state index is -0.551. The maximum Gasteiger partial charge on any atom is 0.310 e. The second-order valence-electron chi connectivity index (χ2n) is 10.3. The lowest BCUT2D eigenvalue weighted by atomic mass is 9.78. The Labute approximate surface area is 228 Å². The van der Waals surface area contributed by atoms with Gasteiger partial charge in [0, 0.05) is 40.1 Å². The Morgan fingerprint density at radius 1 is 0.947 bits per heavy atom. The van der Waals surface area contributed by atoms with Crippen molar-refractivity contribution in [2.75, 3.05) is 6.61 Å². The SMILES string of the molecule is O=C(COC(=O)[C@H]1C2CCC(C2)[C@@H]1C(=O)NCc1cccnc1)c1ccc2c(c1)C(=O)c1cc(Br)ccc1-2. The van der Waals surface area contributed by atoms with Crippen LogP contribution in [0.5, 0.6) is 0 Å². The summed E-state index contributed by atoms with van der Waals surface area (Å²) in [5, 5.41) is 2.95. The van der Waals surface area contributed by atoms with E-state index in [4.69, 9.17) is 4.74 Å². The first-order valence-corrected chi connectivity index (χ1v) is 13.5. The minimum absolute atomic E-state index is 0.0900. The van der Waals surface area contributed by atoms with Gasteiger partial charge in [0.15, 0.2) is 18.2 Å². The summed E-state index contributed by atoms with van der Waals surface area (Å²) in [4.78, 5) is 56.2. The van der Waals surface area contributed by atoms with E-state index in [-0.39, 0.29) is 29.3 Å². The number of aromatic nitrogens is 1. The molecule has 6 rings (SSSR count). The van der Waals surface area contributed by atoms with Gasteiger partial charge in [-0.3, -0.25) is 24.2 Å². The lowest BCUT2D eigenvalue weighted by molar-refractivity contribution is -0.154. The van der Waals surface area contributed by atoms with Crippen LogP contribution in [-0.2, 0) is 20.9 Å². The summed E-state index contributed by atoms with van der Waals surface area (Å²) >= 11 is 3.40. The quantitative estimate of drug-likeness (QED) is 0.253. The number of nitrogens with one attached hydrogen (secondary N) is 1. The minimum Gasteiger partial charge on any atom is -0.457 e. The molecular formula is C30H25BrN2O5. The Morgan fingerprint density at radius 2 is 1.68 bits per heavy atom. The van der Waals surface area contributed by atoms with E-state index >= 15 is 0 Å². The van der Waals surface area contributed by atoms with Gasteiger partial charge in [0.1, 0.15) is 0 Å². The fourth-order valence-corrected chi connectivity index (χ4v) is 6.72. The van der Waals surface area contributed by atoms with Crippen molar-refractivity contribution in [2.45, 2.75) is 25.8 Å². The fraction of sp³-hybridized carbons (Fsp3) is 0.300. The Kier molecular flexibility index (Phi) is 6.43. The molecule has 7 nitrogen and oxygen atoms in total. The van der Waals surface area contributed by atoms with Gasteiger partial charge in [-0.25, -0.2) is 0 Å². The van der Waals surface area contributed by atoms with Gasteiger partial charge < -0.3 is 10.1 Å². The van der Waals surface area contributed by atoms with Crippen molar-refractivity contribution in [1.29, 1.82) is 0 Å². The number of Topliss-reactive ketones (excluding diaryl/α,β-unsaturated/α-hetero) is 1. The summed E-state index contributed by atoms with van der Waals surface area (Å²) in [6, 6.07) is 14.2. The zero-order valence-corrected chi connectivity index (χ0v) is 22.1. The molecule has 192 valence electrons. The van der Waals surface area contributed by atoms with E-state index in [1.165, 1.54) is 0 Å². The number of hydrogen-bond acceptors (Lipinski definition) is 6. The van der Waals surface area contributed by atoms with Crippen molar-refractivity contribution in [3.8, 4) is 11.1 Å². The Balaban J connectivity index is 1.11. The molecule has 0 spiro atoms. The fourth-order valence-electron chi connectivity index (χ4n) is 6.36. The van der Waals surface area contributed by atoms with Crippen molar-refractivity contribution < 1.29 is 23.9 Å². The van der Waals surface area contributed by atoms with Crippen LogP contribution >= 0.6 is 15.9 Å². The van der Waals surface area contributed by atoms with E-state index in [9.17, 15) is 19.2 Å². The Morgan fingerprint density at radius 3 is 2.45 bits per heavy atom. The topological polar surface area (TPSA) is 102 Å². The van der Waals surface area contributed by atoms with Crippen LogP contribution in [-0.4, -0.2) is 35.0 Å². The Hall–Kier alpha value is -3.65. The van der Waals surface area contributed by atoms with Gasteiger partial charge in [0.05, 0.1) is 11.8 Å². The van der Waals surface area contributed by atoms with Crippen LogP contribution in [0, 0.1) is 23.7 Å². The molecule has 3 aliphatic carbocycles. The van der Waals surface area contributed by atoms with Gasteiger partial charge in [-0.1, -0.05) is 40.2 Å². The summed E-state index contributed by atoms with van der Waals surface area (Å²) in [7, 11) is 0. The molecule has 2 fully saturated rings.